The molecular formula is C24H40Cl2. The van der Waals surface area contributed by atoms with Gasteiger partial charge in [0.2, 0.25) is 0 Å². The van der Waals surface area contributed by atoms with E-state index in [-0.39, 0.29) is 0 Å². The largest absolute Gasteiger partial charge is 0.122 e. The van der Waals surface area contributed by atoms with Crippen molar-refractivity contribution in [1.29, 1.82) is 0 Å². The highest BCUT2D eigenvalue weighted by Gasteiger charge is 2.09. The summed E-state index contributed by atoms with van der Waals surface area (Å²) in [4.78, 5) is 0. The molecule has 0 unspecified atom stereocenters. The molecule has 150 valence electrons. The quantitative estimate of drug-likeness (QED) is 0.192. The summed E-state index contributed by atoms with van der Waals surface area (Å²) in [5, 5.41) is 0. The van der Waals surface area contributed by atoms with Crippen LogP contribution in [0.1, 0.15) is 113 Å². The Morgan fingerprint density at radius 3 is 1.19 bits per heavy atom. The summed E-state index contributed by atoms with van der Waals surface area (Å²) in [6, 6.07) is 4.70. The van der Waals surface area contributed by atoms with Gasteiger partial charge in [-0.1, -0.05) is 90.2 Å². The van der Waals surface area contributed by atoms with E-state index in [1.54, 1.807) is 0 Å². The van der Waals surface area contributed by atoms with Crippen LogP contribution in [0.3, 0.4) is 0 Å². The van der Waals surface area contributed by atoms with E-state index in [1.165, 1.54) is 99.3 Å². The number of benzene rings is 1. The maximum atomic E-state index is 6.27. The molecule has 0 atom stereocenters. The Labute approximate surface area is 173 Å². The first-order chi connectivity index (χ1) is 12.8. The summed E-state index contributed by atoms with van der Waals surface area (Å²) in [5.74, 6) is 1.24. The molecule has 0 saturated heterocycles. The Morgan fingerprint density at radius 2 is 0.846 bits per heavy atom. The van der Waals surface area contributed by atoms with Crippen LogP contribution >= 0.6 is 23.2 Å². The molecule has 0 spiro atoms. The number of rotatable bonds is 16. The molecule has 0 aliphatic carbocycles. The van der Waals surface area contributed by atoms with Gasteiger partial charge in [-0.25, -0.2) is 0 Å². The zero-order valence-corrected chi connectivity index (χ0v) is 18.7. The van der Waals surface area contributed by atoms with Crippen molar-refractivity contribution in [2.45, 2.75) is 115 Å². The lowest BCUT2D eigenvalue weighted by molar-refractivity contribution is 0.604. The highest BCUT2D eigenvalue weighted by molar-refractivity contribution is 6.17. The highest BCUT2D eigenvalue weighted by Crippen LogP contribution is 2.24. The van der Waals surface area contributed by atoms with E-state index >= 15 is 0 Å². The molecule has 1 aromatic rings. The van der Waals surface area contributed by atoms with Gasteiger partial charge in [0, 0.05) is 11.8 Å². The molecule has 0 aromatic heterocycles. The van der Waals surface area contributed by atoms with Gasteiger partial charge in [-0.3, -0.25) is 0 Å². The molecule has 2 heteroatoms. The van der Waals surface area contributed by atoms with Gasteiger partial charge in [-0.15, -0.1) is 23.2 Å². The van der Waals surface area contributed by atoms with Gasteiger partial charge >= 0.3 is 0 Å². The first-order valence-corrected chi connectivity index (χ1v) is 12.1. The summed E-state index contributed by atoms with van der Waals surface area (Å²) < 4.78 is 0. The van der Waals surface area contributed by atoms with Crippen molar-refractivity contribution in [2.75, 3.05) is 0 Å². The van der Waals surface area contributed by atoms with Crippen LogP contribution < -0.4 is 0 Å². The van der Waals surface area contributed by atoms with Crippen LogP contribution in [0, 0.1) is 0 Å². The Bertz CT molecular complexity index is 424. The molecule has 0 nitrogen and oxygen atoms in total. The van der Waals surface area contributed by atoms with Gasteiger partial charge < -0.3 is 0 Å². The summed E-state index contributed by atoms with van der Waals surface area (Å²) in [5.41, 5.74) is 5.51. The van der Waals surface area contributed by atoms with Gasteiger partial charge in [-0.2, -0.15) is 0 Å². The van der Waals surface area contributed by atoms with Crippen LogP contribution in [0.15, 0.2) is 12.1 Å². The van der Waals surface area contributed by atoms with Crippen molar-refractivity contribution < 1.29 is 0 Å². The molecule has 0 saturated carbocycles. The number of hydrogen-bond donors (Lipinski definition) is 0. The predicted octanol–water partition coefficient (Wildman–Crippen LogP) is 8.97. The van der Waals surface area contributed by atoms with Gasteiger partial charge in [0.15, 0.2) is 0 Å². The van der Waals surface area contributed by atoms with Crippen LogP contribution in [-0.4, -0.2) is 0 Å². The van der Waals surface area contributed by atoms with Crippen molar-refractivity contribution in [3.05, 3.63) is 34.4 Å². The van der Waals surface area contributed by atoms with Crippen molar-refractivity contribution in [3.8, 4) is 0 Å². The minimum Gasteiger partial charge on any atom is -0.122 e. The second kappa shape index (κ2) is 15.8. The van der Waals surface area contributed by atoms with Crippen LogP contribution in [0.4, 0.5) is 0 Å². The molecule has 0 radical (unpaired) electrons. The molecular weight excluding hydrogens is 359 g/mol. The highest BCUT2D eigenvalue weighted by atomic mass is 35.5. The van der Waals surface area contributed by atoms with E-state index in [4.69, 9.17) is 23.2 Å². The van der Waals surface area contributed by atoms with Crippen LogP contribution in [0.25, 0.3) is 0 Å². The van der Waals surface area contributed by atoms with Gasteiger partial charge in [0.25, 0.3) is 0 Å². The Morgan fingerprint density at radius 1 is 0.500 bits per heavy atom. The fourth-order valence-corrected chi connectivity index (χ4v) is 4.19. The molecule has 26 heavy (non-hydrogen) atoms. The SMILES string of the molecule is CCCCCCCCc1cc(CCl)c(CCCCCCCC)cc1CCl. The first kappa shape index (κ1) is 23.8. The smallest absolute Gasteiger partial charge is 0.0476 e. The van der Waals surface area contributed by atoms with E-state index in [9.17, 15) is 0 Å². The fourth-order valence-electron chi connectivity index (χ4n) is 3.70. The van der Waals surface area contributed by atoms with E-state index in [1.807, 2.05) is 0 Å². The van der Waals surface area contributed by atoms with Crippen molar-refractivity contribution in [2.24, 2.45) is 0 Å². The zero-order chi connectivity index (χ0) is 19.0. The number of halogens is 2. The summed E-state index contributed by atoms with van der Waals surface area (Å²) in [7, 11) is 0. The molecule has 0 aliphatic heterocycles. The van der Waals surface area contributed by atoms with Crippen molar-refractivity contribution in [3.63, 3.8) is 0 Å². The fraction of sp³-hybridized carbons (Fsp3) is 0.750. The third kappa shape index (κ3) is 9.65. The molecule has 1 rings (SSSR count). The Kier molecular flexibility index (Phi) is 14.5. The Hall–Kier alpha value is -0.200. The van der Waals surface area contributed by atoms with Gasteiger partial charge in [0.05, 0.1) is 0 Å². The zero-order valence-electron chi connectivity index (χ0n) is 17.2. The molecule has 0 N–H and O–H groups in total. The topological polar surface area (TPSA) is 0 Å². The molecule has 0 heterocycles. The van der Waals surface area contributed by atoms with E-state index in [0.29, 0.717) is 11.8 Å². The van der Waals surface area contributed by atoms with E-state index < -0.39 is 0 Å². The number of aryl methyl sites for hydroxylation is 2. The lowest BCUT2D eigenvalue weighted by Gasteiger charge is -2.15. The first-order valence-electron chi connectivity index (χ1n) is 11.0. The maximum Gasteiger partial charge on any atom is 0.0476 e. The second-order valence-electron chi connectivity index (χ2n) is 7.69. The molecule has 0 aliphatic rings. The lowest BCUT2D eigenvalue weighted by atomic mass is 9.93. The minimum absolute atomic E-state index is 0.622. The second-order valence-corrected chi connectivity index (χ2v) is 8.23. The monoisotopic (exact) mass is 398 g/mol. The van der Waals surface area contributed by atoms with E-state index in [0.717, 1.165) is 12.8 Å². The summed E-state index contributed by atoms with van der Waals surface area (Å²) in [6.45, 7) is 4.54. The standard InChI is InChI=1S/C24H40Cl2/c1-3-5-7-9-11-13-15-21-17-24(20-26)22(18-23(21)19-25)16-14-12-10-8-6-4-2/h17-18H,3-16,19-20H2,1-2H3. The summed E-state index contributed by atoms with van der Waals surface area (Å²) >= 11 is 12.5. The minimum atomic E-state index is 0.622. The summed E-state index contributed by atoms with van der Waals surface area (Å²) in [6.07, 6.45) is 18.4. The predicted molar refractivity (Wildman–Crippen MR) is 120 cm³/mol. The van der Waals surface area contributed by atoms with Crippen LogP contribution in [0.5, 0.6) is 0 Å². The van der Waals surface area contributed by atoms with E-state index in [2.05, 4.69) is 26.0 Å². The van der Waals surface area contributed by atoms with Crippen LogP contribution in [-0.2, 0) is 24.6 Å². The third-order valence-electron chi connectivity index (χ3n) is 5.41. The van der Waals surface area contributed by atoms with Crippen LogP contribution in [0.2, 0.25) is 0 Å². The van der Waals surface area contributed by atoms with Crippen molar-refractivity contribution >= 4 is 23.2 Å². The third-order valence-corrected chi connectivity index (χ3v) is 5.98. The number of unbranched alkanes of at least 4 members (excludes halogenated alkanes) is 10. The van der Waals surface area contributed by atoms with Crippen molar-refractivity contribution in [1.82, 2.24) is 0 Å². The average Bonchev–Trinajstić information content (AvgIpc) is 2.67. The lowest BCUT2D eigenvalue weighted by Crippen LogP contribution is -2.01. The Balaban J connectivity index is 2.53. The molecule has 1 aromatic carbocycles. The molecule has 0 amide bonds. The molecule has 0 bridgehead atoms. The van der Waals surface area contributed by atoms with Gasteiger partial charge in [-0.05, 0) is 47.9 Å². The number of alkyl halides is 2. The normalized spacial score (nSPS) is 11.2. The van der Waals surface area contributed by atoms with Gasteiger partial charge in [0.1, 0.15) is 0 Å². The molecule has 0 fully saturated rings. The number of hydrogen-bond acceptors (Lipinski definition) is 0. The maximum absolute atomic E-state index is 6.27. The average molecular weight is 399 g/mol.